The zero-order valence-corrected chi connectivity index (χ0v) is 14.7. The molecule has 2 heterocycles. The van der Waals surface area contributed by atoms with Crippen molar-refractivity contribution in [3.05, 3.63) is 47.8 Å². The fourth-order valence-electron chi connectivity index (χ4n) is 2.53. The van der Waals surface area contributed by atoms with E-state index in [1.165, 1.54) is 6.08 Å². The van der Waals surface area contributed by atoms with Gasteiger partial charge in [-0.05, 0) is 39.8 Å². The summed E-state index contributed by atoms with van der Waals surface area (Å²) in [5, 5.41) is 4.44. The highest BCUT2D eigenvalue weighted by Gasteiger charge is 2.53. The second-order valence-electron chi connectivity index (χ2n) is 7.06. The van der Waals surface area contributed by atoms with Gasteiger partial charge in [0.25, 0.3) is 0 Å². The molecule has 3 rings (SSSR count). The third-order valence-corrected chi connectivity index (χ3v) is 4.75. The molecular weight excluding hydrogens is 306 g/mol. The molecule has 0 N–H and O–H groups in total. The molecule has 6 heteroatoms. The molecule has 0 saturated carbocycles. The highest BCUT2D eigenvalue weighted by molar-refractivity contribution is 6.54. The van der Waals surface area contributed by atoms with E-state index in [9.17, 15) is 4.39 Å². The summed E-state index contributed by atoms with van der Waals surface area (Å²) in [5.41, 5.74) is 0.849. The van der Waals surface area contributed by atoms with Gasteiger partial charge in [0.2, 0.25) is 0 Å². The molecule has 0 spiro atoms. The minimum Gasteiger partial charge on any atom is -0.398 e. The van der Waals surface area contributed by atoms with Gasteiger partial charge >= 0.3 is 7.12 Å². The molecule has 126 valence electrons. The van der Waals surface area contributed by atoms with Crippen LogP contribution in [-0.4, -0.2) is 28.1 Å². The van der Waals surface area contributed by atoms with Crippen molar-refractivity contribution in [1.82, 2.24) is 9.78 Å². The van der Waals surface area contributed by atoms with Gasteiger partial charge in [0.1, 0.15) is 5.73 Å². The Kier molecular flexibility index (Phi) is 4.14. The van der Waals surface area contributed by atoms with E-state index in [0.717, 1.165) is 11.3 Å². The maximum atomic E-state index is 14.6. The Bertz CT molecular complexity index is 753. The number of benzene rings is 1. The van der Waals surface area contributed by atoms with Crippen molar-refractivity contribution in [1.29, 1.82) is 0 Å². The molecule has 1 saturated heterocycles. The molecule has 1 aromatic heterocycles. The standard InChI is InChI=1S/C18H22BFN2O2/c1-17(2)18(3,4)24-19(23-17)16(20)12-14-11-15(21-22(14)5)13-9-7-6-8-10-13/h6-12H,1-5H3. The molecule has 0 aliphatic carbocycles. The van der Waals surface area contributed by atoms with Gasteiger partial charge in [0.15, 0.2) is 0 Å². The molecule has 24 heavy (non-hydrogen) atoms. The molecule has 0 unspecified atom stereocenters. The third-order valence-electron chi connectivity index (χ3n) is 4.75. The number of rotatable bonds is 3. The zero-order chi connectivity index (χ0) is 17.5. The Morgan fingerprint density at radius 2 is 1.71 bits per heavy atom. The van der Waals surface area contributed by atoms with E-state index in [2.05, 4.69) is 5.10 Å². The first-order valence-corrected chi connectivity index (χ1v) is 8.02. The lowest BCUT2D eigenvalue weighted by atomic mass is 9.87. The van der Waals surface area contributed by atoms with Gasteiger partial charge in [-0.3, -0.25) is 4.68 Å². The van der Waals surface area contributed by atoms with Crippen LogP contribution in [0, 0.1) is 0 Å². The molecule has 1 aliphatic heterocycles. The van der Waals surface area contributed by atoms with Crippen LogP contribution in [0.15, 0.2) is 42.1 Å². The third kappa shape index (κ3) is 3.04. The molecule has 0 amide bonds. The first kappa shape index (κ1) is 16.9. The van der Waals surface area contributed by atoms with Gasteiger partial charge in [-0.25, -0.2) is 4.39 Å². The van der Waals surface area contributed by atoms with Crippen LogP contribution in [0.3, 0.4) is 0 Å². The Balaban J connectivity index is 1.86. The van der Waals surface area contributed by atoms with Crippen LogP contribution in [-0.2, 0) is 16.4 Å². The summed E-state index contributed by atoms with van der Waals surface area (Å²) in [4.78, 5) is 0. The molecule has 1 fully saturated rings. The van der Waals surface area contributed by atoms with Gasteiger partial charge in [-0.2, -0.15) is 5.10 Å². The number of nitrogens with zero attached hydrogens (tertiary/aromatic N) is 2. The van der Waals surface area contributed by atoms with Gasteiger partial charge in [-0.1, -0.05) is 30.3 Å². The lowest BCUT2D eigenvalue weighted by Gasteiger charge is -2.32. The molecule has 1 aromatic carbocycles. The second-order valence-corrected chi connectivity index (χ2v) is 7.06. The molecular formula is C18H22BFN2O2. The molecule has 0 radical (unpaired) electrons. The molecule has 0 atom stereocenters. The lowest BCUT2D eigenvalue weighted by molar-refractivity contribution is 0.00578. The molecule has 4 nitrogen and oxygen atoms in total. The smallest absolute Gasteiger partial charge is 0.398 e. The van der Waals surface area contributed by atoms with Gasteiger partial charge in [-0.15, -0.1) is 0 Å². The van der Waals surface area contributed by atoms with Crippen LogP contribution in [0.1, 0.15) is 33.4 Å². The minimum absolute atomic E-state index is 0.462. The average molecular weight is 328 g/mol. The lowest BCUT2D eigenvalue weighted by Crippen LogP contribution is -2.41. The SMILES string of the molecule is Cn1nc(-c2ccccc2)cc1C=C(F)B1OC(C)(C)C(C)(C)O1. The number of aryl methyl sites for hydroxylation is 1. The van der Waals surface area contributed by atoms with Crippen LogP contribution < -0.4 is 0 Å². The van der Waals surface area contributed by atoms with Crippen molar-refractivity contribution in [3.8, 4) is 11.3 Å². The van der Waals surface area contributed by atoms with Gasteiger partial charge in [0, 0.05) is 12.6 Å². The summed E-state index contributed by atoms with van der Waals surface area (Å²) in [7, 11) is 0.792. The van der Waals surface area contributed by atoms with Crippen molar-refractivity contribution < 1.29 is 13.7 Å². The predicted octanol–water partition coefficient (Wildman–Crippen LogP) is 4.03. The maximum absolute atomic E-state index is 14.6. The summed E-state index contributed by atoms with van der Waals surface area (Å²) in [6.07, 6.45) is 1.42. The van der Waals surface area contributed by atoms with E-state index in [1.54, 1.807) is 11.7 Å². The highest BCUT2D eigenvalue weighted by atomic mass is 19.1. The highest BCUT2D eigenvalue weighted by Crippen LogP contribution is 2.39. The molecule has 1 aliphatic rings. The van der Waals surface area contributed by atoms with E-state index in [1.807, 2.05) is 64.1 Å². The normalized spacial score (nSPS) is 19.8. The predicted molar refractivity (Wildman–Crippen MR) is 93.8 cm³/mol. The van der Waals surface area contributed by atoms with Crippen molar-refractivity contribution >= 4 is 13.2 Å². The summed E-state index contributed by atoms with van der Waals surface area (Å²) in [6.45, 7) is 7.60. The quantitative estimate of drug-likeness (QED) is 0.798. The molecule has 0 bridgehead atoms. The van der Waals surface area contributed by atoms with E-state index in [4.69, 9.17) is 9.31 Å². The Morgan fingerprint density at radius 1 is 1.12 bits per heavy atom. The Labute approximate surface area is 142 Å². The van der Waals surface area contributed by atoms with Crippen molar-refractivity contribution in [3.63, 3.8) is 0 Å². The minimum atomic E-state index is -0.995. The summed E-state index contributed by atoms with van der Waals surface area (Å²) in [6, 6.07) is 11.6. The van der Waals surface area contributed by atoms with Crippen molar-refractivity contribution in [2.45, 2.75) is 38.9 Å². The largest absolute Gasteiger partial charge is 0.525 e. The maximum Gasteiger partial charge on any atom is 0.525 e. The van der Waals surface area contributed by atoms with Crippen LogP contribution in [0.4, 0.5) is 4.39 Å². The van der Waals surface area contributed by atoms with Crippen molar-refractivity contribution in [2.24, 2.45) is 7.05 Å². The van der Waals surface area contributed by atoms with Crippen LogP contribution in [0.5, 0.6) is 0 Å². The summed E-state index contributed by atoms with van der Waals surface area (Å²) in [5.74, 6) is 0. The monoisotopic (exact) mass is 328 g/mol. The van der Waals surface area contributed by atoms with Crippen LogP contribution >= 0.6 is 0 Å². The first-order chi connectivity index (χ1) is 11.2. The Morgan fingerprint density at radius 3 is 2.29 bits per heavy atom. The number of hydrogen-bond donors (Lipinski definition) is 0. The topological polar surface area (TPSA) is 36.3 Å². The van der Waals surface area contributed by atoms with Gasteiger partial charge < -0.3 is 9.31 Å². The van der Waals surface area contributed by atoms with E-state index in [-0.39, 0.29) is 0 Å². The molecule has 2 aromatic rings. The fourth-order valence-corrected chi connectivity index (χ4v) is 2.53. The summed E-state index contributed by atoms with van der Waals surface area (Å²) >= 11 is 0. The number of aromatic nitrogens is 2. The second kappa shape index (κ2) is 5.86. The van der Waals surface area contributed by atoms with E-state index < -0.39 is 24.0 Å². The van der Waals surface area contributed by atoms with Gasteiger partial charge in [0.05, 0.1) is 22.6 Å². The average Bonchev–Trinajstić information content (AvgIpc) is 2.97. The zero-order valence-electron chi connectivity index (χ0n) is 14.7. The number of hydrogen-bond acceptors (Lipinski definition) is 3. The van der Waals surface area contributed by atoms with E-state index >= 15 is 0 Å². The fraction of sp³-hybridized carbons (Fsp3) is 0.389. The summed E-state index contributed by atoms with van der Waals surface area (Å²) < 4.78 is 27.8. The first-order valence-electron chi connectivity index (χ1n) is 8.02. The van der Waals surface area contributed by atoms with E-state index in [0.29, 0.717) is 5.69 Å². The van der Waals surface area contributed by atoms with Crippen LogP contribution in [0.2, 0.25) is 0 Å². The van der Waals surface area contributed by atoms with Crippen LogP contribution in [0.25, 0.3) is 17.3 Å². The number of halogens is 1. The van der Waals surface area contributed by atoms with Crippen molar-refractivity contribution in [2.75, 3.05) is 0 Å². The Hall–Kier alpha value is -1.92.